The first-order valence-electron chi connectivity index (χ1n) is 13.1. The zero-order valence-corrected chi connectivity index (χ0v) is 21.5. The number of allylic oxidation sites excluding steroid dienone is 1. The lowest BCUT2D eigenvalue weighted by atomic mass is 9.58. The van der Waals surface area contributed by atoms with E-state index in [-0.39, 0.29) is 29.3 Å². The largest absolute Gasteiger partial charge is 0.465 e. The Bertz CT molecular complexity index is 667. The molecule has 0 aromatic rings. The minimum absolute atomic E-state index is 0.000942. The van der Waals surface area contributed by atoms with Gasteiger partial charge in [-0.3, -0.25) is 0 Å². The Morgan fingerprint density at radius 1 is 1.12 bits per heavy atom. The van der Waals surface area contributed by atoms with Gasteiger partial charge < -0.3 is 24.6 Å². The molecule has 0 spiro atoms. The van der Waals surface area contributed by atoms with E-state index < -0.39 is 6.09 Å². The number of nitrogens with zero attached hydrogens (tertiary/aromatic N) is 1. The van der Waals surface area contributed by atoms with Crippen molar-refractivity contribution in [1.29, 1.82) is 0 Å². The molecule has 1 aliphatic heterocycles. The summed E-state index contributed by atoms with van der Waals surface area (Å²) in [5.74, 6) is 1.83. The average molecular weight is 466 g/mol. The SMILES string of the molecule is CC(C)(/C=C/C(OC1CCCCO1)C1CC1)C1CC[C@H]2[C@@H](O)CCC[C@]12C.CN(C)C(=O)O. The molecule has 1 amide bonds. The van der Waals surface area contributed by atoms with Gasteiger partial charge in [0.1, 0.15) is 0 Å². The summed E-state index contributed by atoms with van der Waals surface area (Å²) in [6.45, 7) is 8.12. The molecule has 4 fully saturated rings. The van der Waals surface area contributed by atoms with E-state index in [0.29, 0.717) is 17.8 Å². The number of ether oxygens (including phenoxy) is 2. The van der Waals surface area contributed by atoms with Crippen molar-refractivity contribution in [2.45, 2.75) is 103 Å². The van der Waals surface area contributed by atoms with Crippen molar-refractivity contribution in [2.75, 3.05) is 20.7 Å². The third-order valence-corrected chi connectivity index (χ3v) is 8.62. The third-order valence-electron chi connectivity index (χ3n) is 8.62. The van der Waals surface area contributed by atoms with Gasteiger partial charge in [0.2, 0.25) is 0 Å². The van der Waals surface area contributed by atoms with E-state index in [2.05, 4.69) is 32.9 Å². The van der Waals surface area contributed by atoms with E-state index in [4.69, 9.17) is 14.6 Å². The Hall–Kier alpha value is -1.11. The van der Waals surface area contributed by atoms with Crippen molar-refractivity contribution in [2.24, 2.45) is 28.6 Å². The number of hydrogen-bond donors (Lipinski definition) is 2. The number of amides is 1. The molecule has 4 aliphatic rings. The lowest BCUT2D eigenvalue weighted by Gasteiger charge is -2.48. The molecule has 1 heterocycles. The molecule has 0 radical (unpaired) electrons. The lowest BCUT2D eigenvalue weighted by molar-refractivity contribution is -0.182. The second-order valence-electron chi connectivity index (χ2n) is 11.8. The molecule has 3 unspecified atom stereocenters. The van der Waals surface area contributed by atoms with Gasteiger partial charge in [-0.05, 0) is 86.4 Å². The van der Waals surface area contributed by atoms with Gasteiger partial charge in [0.15, 0.2) is 6.29 Å². The molecule has 1 saturated heterocycles. The fraction of sp³-hybridized carbons (Fsp3) is 0.889. The smallest absolute Gasteiger partial charge is 0.406 e. The number of fused-ring (bicyclic) bond motifs is 1. The molecule has 3 saturated carbocycles. The normalized spacial score (nSPS) is 35.5. The van der Waals surface area contributed by atoms with Gasteiger partial charge >= 0.3 is 6.09 Å². The van der Waals surface area contributed by atoms with Crippen LogP contribution in [0.15, 0.2) is 12.2 Å². The summed E-state index contributed by atoms with van der Waals surface area (Å²) >= 11 is 0. The fourth-order valence-corrected chi connectivity index (χ4v) is 6.56. The van der Waals surface area contributed by atoms with Crippen LogP contribution in [-0.4, -0.2) is 60.4 Å². The Morgan fingerprint density at radius 3 is 2.39 bits per heavy atom. The highest BCUT2D eigenvalue weighted by atomic mass is 16.7. The van der Waals surface area contributed by atoms with Gasteiger partial charge in [-0.15, -0.1) is 0 Å². The van der Waals surface area contributed by atoms with Crippen molar-refractivity contribution in [3.05, 3.63) is 12.2 Å². The van der Waals surface area contributed by atoms with Crippen molar-refractivity contribution in [1.82, 2.24) is 4.90 Å². The minimum Gasteiger partial charge on any atom is -0.465 e. The zero-order chi connectivity index (χ0) is 24.2. The summed E-state index contributed by atoms with van der Waals surface area (Å²) in [7, 11) is 2.95. The van der Waals surface area contributed by atoms with Gasteiger partial charge in [0.25, 0.3) is 0 Å². The summed E-state index contributed by atoms with van der Waals surface area (Å²) in [6, 6.07) is 0. The Labute approximate surface area is 200 Å². The van der Waals surface area contributed by atoms with E-state index in [0.717, 1.165) is 24.3 Å². The summed E-state index contributed by atoms with van der Waals surface area (Å²) < 4.78 is 12.2. The summed E-state index contributed by atoms with van der Waals surface area (Å²) in [5.41, 5.74) is 0.429. The Kier molecular flexibility index (Phi) is 8.90. The highest BCUT2D eigenvalue weighted by Crippen LogP contribution is 2.60. The molecule has 2 N–H and O–H groups in total. The highest BCUT2D eigenvalue weighted by Gasteiger charge is 2.54. The van der Waals surface area contributed by atoms with Crippen LogP contribution in [0.2, 0.25) is 0 Å². The molecule has 190 valence electrons. The molecule has 0 aromatic carbocycles. The van der Waals surface area contributed by atoms with Crippen LogP contribution < -0.4 is 0 Å². The number of carboxylic acid groups (broad SMARTS) is 1. The summed E-state index contributed by atoms with van der Waals surface area (Å²) in [4.78, 5) is 10.7. The number of rotatable bonds is 6. The number of aliphatic hydroxyl groups excluding tert-OH is 1. The topological polar surface area (TPSA) is 79.2 Å². The van der Waals surface area contributed by atoms with Gasteiger partial charge in [-0.2, -0.15) is 0 Å². The summed E-state index contributed by atoms with van der Waals surface area (Å²) in [6.07, 6.45) is 16.0. The van der Waals surface area contributed by atoms with Gasteiger partial charge in [0.05, 0.1) is 12.2 Å². The van der Waals surface area contributed by atoms with Crippen LogP contribution in [0.4, 0.5) is 4.79 Å². The molecule has 33 heavy (non-hydrogen) atoms. The zero-order valence-electron chi connectivity index (χ0n) is 21.5. The molecular weight excluding hydrogens is 418 g/mol. The maximum Gasteiger partial charge on any atom is 0.406 e. The maximum atomic E-state index is 10.6. The van der Waals surface area contributed by atoms with Crippen LogP contribution in [0, 0.1) is 28.6 Å². The van der Waals surface area contributed by atoms with Crippen LogP contribution in [0.5, 0.6) is 0 Å². The van der Waals surface area contributed by atoms with Crippen LogP contribution >= 0.6 is 0 Å². The maximum absolute atomic E-state index is 10.6. The van der Waals surface area contributed by atoms with Crippen molar-refractivity contribution in [3.8, 4) is 0 Å². The Balaban J connectivity index is 0.000000454. The molecule has 6 heteroatoms. The van der Waals surface area contributed by atoms with Crippen LogP contribution in [0.25, 0.3) is 0 Å². The number of carbonyl (C=O) groups is 1. The third kappa shape index (κ3) is 6.73. The highest BCUT2D eigenvalue weighted by molar-refractivity contribution is 5.63. The van der Waals surface area contributed by atoms with E-state index in [1.807, 2.05) is 0 Å². The molecule has 4 rings (SSSR count). The van der Waals surface area contributed by atoms with Crippen LogP contribution in [0.3, 0.4) is 0 Å². The number of hydrogen-bond acceptors (Lipinski definition) is 4. The fourth-order valence-electron chi connectivity index (χ4n) is 6.56. The molecule has 6 atom stereocenters. The van der Waals surface area contributed by atoms with Crippen molar-refractivity contribution >= 4 is 6.09 Å². The van der Waals surface area contributed by atoms with E-state index >= 15 is 0 Å². The predicted molar refractivity (Wildman–Crippen MR) is 130 cm³/mol. The van der Waals surface area contributed by atoms with E-state index in [1.165, 1.54) is 65.5 Å². The number of aliphatic hydroxyl groups is 1. The van der Waals surface area contributed by atoms with Crippen LogP contribution in [0.1, 0.15) is 85.0 Å². The van der Waals surface area contributed by atoms with Crippen molar-refractivity contribution < 1.29 is 24.5 Å². The summed E-state index contributed by atoms with van der Waals surface area (Å²) in [5, 5.41) is 18.5. The van der Waals surface area contributed by atoms with Gasteiger partial charge in [-0.25, -0.2) is 4.79 Å². The predicted octanol–water partition coefficient (Wildman–Crippen LogP) is 5.69. The molecule has 0 aromatic heterocycles. The van der Waals surface area contributed by atoms with Gasteiger partial charge in [-0.1, -0.05) is 39.3 Å². The quantitative estimate of drug-likeness (QED) is 0.492. The van der Waals surface area contributed by atoms with Crippen LogP contribution in [-0.2, 0) is 9.47 Å². The Morgan fingerprint density at radius 2 is 1.82 bits per heavy atom. The van der Waals surface area contributed by atoms with Gasteiger partial charge in [0, 0.05) is 20.7 Å². The second-order valence-corrected chi connectivity index (χ2v) is 11.8. The molecule has 3 aliphatic carbocycles. The second kappa shape index (κ2) is 11.1. The van der Waals surface area contributed by atoms with Crippen molar-refractivity contribution in [3.63, 3.8) is 0 Å². The molecule has 6 nitrogen and oxygen atoms in total. The lowest BCUT2D eigenvalue weighted by Crippen LogP contribution is -2.43. The van der Waals surface area contributed by atoms with E-state index in [1.54, 1.807) is 0 Å². The minimum atomic E-state index is -0.907. The van der Waals surface area contributed by atoms with E-state index in [9.17, 15) is 9.90 Å². The first-order valence-corrected chi connectivity index (χ1v) is 13.1. The first kappa shape index (κ1) is 26.5. The average Bonchev–Trinajstić information content (AvgIpc) is 3.53. The standard InChI is InChI=1S/C24H40O3.C3H7NO2/c1-23(2,21-12-11-18-19(25)7-6-14-24(18,21)3)15-13-20(17-9-10-17)27-22-8-4-5-16-26-22;1-4(2)3(5)6/h13,15,17-22,25H,4-12,14,16H2,1-3H3;1-2H3,(H,5,6)/b15-13+;/t18-,19-,20?,21?,22?,24-;/m0./s1. The first-order chi connectivity index (χ1) is 15.5. The monoisotopic (exact) mass is 465 g/mol. The molecule has 0 bridgehead atoms. The molecular formula is C27H47NO5.